The van der Waals surface area contributed by atoms with E-state index in [0.717, 1.165) is 30.6 Å². The second-order valence-electron chi connectivity index (χ2n) is 9.26. The molecule has 0 unspecified atom stereocenters. The van der Waals surface area contributed by atoms with Crippen LogP contribution in [0.1, 0.15) is 50.8 Å². The topological polar surface area (TPSA) is 49.9 Å². The Morgan fingerprint density at radius 1 is 1.09 bits per heavy atom. The molecule has 176 valence electrons. The van der Waals surface area contributed by atoms with Crippen molar-refractivity contribution in [3.8, 4) is 5.75 Å². The molecule has 0 spiro atoms. The molecule has 3 aromatic rings. The van der Waals surface area contributed by atoms with Crippen molar-refractivity contribution in [2.45, 2.75) is 45.2 Å². The van der Waals surface area contributed by atoms with E-state index >= 15 is 0 Å². The molecule has 1 aliphatic heterocycles. The number of thiophene rings is 1. The first-order chi connectivity index (χ1) is 16.5. The number of aryl methyl sites for hydroxylation is 2. The van der Waals surface area contributed by atoms with Gasteiger partial charge in [-0.1, -0.05) is 35.9 Å². The van der Waals surface area contributed by atoms with Gasteiger partial charge in [-0.05, 0) is 73.9 Å². The van der Waals surface area contributed by atoms with Crippen LogP contribution in [0.25, 0.3) is 0 Å². The molecule has 1 saturated carbocycles. The summed E-state index contributed by atoms with van der Waals surface area (Å²) in [5, 5.41) is 2.10. The van der Waals surface area contributed by atoms with Crippen molar-refractivity contribution in [1.82, 2.24) is 9.80 Å². The van der Waals surface area contributed by atoms with Crippen molar-refractivity contribution in [2.24, 2.45) is 0 Å². The van der Waals surface area contributed by atoms with Gasteiger partial charge in [0.25, 0.3) is 5.91 Å². The molecule has 1 aliphatic carbocycles. The quantitative estimate of drug-likeness (QED) is 0.474. The van der Waals surface area contributed by atoms with E-state index in [2.05, 4.69) is 24.4 Å². The maximum Gasteiger partial charge on any atom is 0.254 e. The predicted octanol–water partition coefficient (Wildman–Crippen LogP) is 5.17. The highest BCUT2D eigenvalue weighted by atomic mass is 32.1. The van der Waals surface area contributed by atoms with Gasteiger partial charge < -0.3 is 14.5 Å². The Hall–Kier alpha value is -3.12. The lowest BCUT2D eigenvalue weighted by molar-refractivity contribution is -0.135. The summed E-state index contributed by atoms with van der Waals surface area (Å²) >= 11 is 1.74. The van der Waals surface area contributed by atoms with E-state index < -0.39 is 0 Å². The van der Waals surface area contributed by atoms with Gasteiger partial charge in [0.2, 0.25) is 5.91 Å². The van der Waals surface area contributed by atoms with Crippen LogP contribution >= 0.6 is 11.3 Å². The van der Waals surface area contributed by atoms with E-state index in [1.165, 1.54) is 16.0 Å². The minimum Gasteiger partial charge on any atom is -0.491 e. The zero-order chi connectivity index (χ0) is 23.7. The lowest BCUT2D eigenvalue weighted by Gasteiger charge is -2.37. The Morgan fingerprint density at radius 3 is 2.62 bits per heavy atom. The van der Waals surface area contributed by atoms with Crippen LogP contribution in [0.4, 0.5) is 0 Å². The number of carbonyl (C=O) groups excluding carboxylic acids is 2. The summed E-state index contributed by atoms with van der Waals surface area (Å²) in [6.07, 6.45) is 2.76. The van der Waals surface area contributed by atoms with Gasteiger partial charge in [0.05, 0.1) is 6.04 Å². The number of carbonyl (C=O) groups is 2. The number of rotatable bonds is 7. The second kappa shape index (κ2) is 9.63. The number of amides is 2. The second-order valence-corrected chi connectivity index (χ2v) is 10.3. The van der Waals surface area contributed by atoms with Crippen molar-refractivity contribution in [3.63, 3.8) is 0 Å². The fourth-order valence-corrected chi connectivity index (χ4v) is 5.67. The predicted molar refractivity (Wildman–Crippen MR) is 134 cm³/mol. The van der Waals surface area contributed by atoms with Crippen LogP contribution in [0.3, 0.4) is 0 Å². The third-order valence-electron chi connectivity index (χ3n) is 6.72. The fourth-order valence-electron chi connectivity index (χ4n) is 4.74. The average molecular weight is 475 g/mol. The Labute approximate surface area is 205 Å². The SMILES string of the molecule is Cc1ccc(OC[C@H]2c3ccsc3CCN2C(=O)CN(C(=O)c2ccccc2)C2CC2)c(C)c1. The first-order valence-corrected chi connectivity index (χ1v) is 12.8. The summed E-state index contributed by atoms with van der Waals surface area (Å²) in [6.45, 7) is 5.27. The van der Waals surface area contributed by atoms with Crippen LogP contribution in [0.2, 0.25) is 0 Å². The van der Waals surface area contributed by atoms with E-state index in [0.29, 0.717) is 18.7 Å². The third-order valence-corrected chi connectivity index (χ3v) is 7.71. The summed E-state index contributed by atoms with van der Waals surface area (Å²) in [4.78, 5) is 31.8. The smallest absolute Gasteiger partial charge is 0.254 e. The number of benzene rings is 2. The molecule has 5 rings (SSSR count). The van der Waals surface area contributed by atoms with E-state index in [1.54, 1.807) is 16.2 Å². The van der Waals surface area contributed by atoms with Gasteiger partial charge in [0.1, 0.15) is 18.9 Å². The molecule has 1 fully saturated rings. The minimum absolute atomic E-state index is 0.0118. The minimum atomic E-state index is -0.156. The number of hydrogen-bond donors (Lipinski definition) is 0. The largest absolute Gasteiger partial charge is 0.491 e. The monoisotopic (exact) mass is 474 g/mol. The Morgan fingerprint density at radius 2 is 1.88 bits per heavy atom. The number of nitrogens with zero attached hydrogens (tertiary/aromatic N) is 2. The first-order valence-electron chi connectivity index (χ1n) is 11.9. The molecule has 34 heavy (non-hydrogen) atoms. The summed E-state index contributed by atoms with van der Waals surface area (Å²) in [5.41, 5.74) is 4.09. The molecular formula is C28H30N2O3S. The van der Waals surface area contributed by atoms with Crippen molar-refractivity contribution in [1.29, 1.82) is 0 Å². The molecule has 5 nitrogen and oxygen atoms in total. The number of fused-ring (bicyclic) bond motifs is 1. The molecular weight excluding hydrogens is 444 g/mol. The molecule has 0 radical (unpaired) electrons. The maximum absolute atomic E-state index is 13.6. The maximum atomic E-state index is 13.6. The van der Waals surface area contributed by atoms with Gasteiger partial charge in [-0.3, -0.25) is 9.59 Å². The number of hydrogen-bond acceptors (Lipinski definition) is 4. The van der Waals surface area contributed by atoms with E-state index in [9.17, 15) is 9.59 Å². The molecule has 2 aromatic carbocycles. The summed E-state index contributed by atoms with van der Waals surface area (Å²) < 4.78 is 6.25. The molecule has 0 N–H and O–H groups in total. The van der Waals surface area contributed by atoms with Crippen LogP contribution in [0.5, 0.6) is 5.75 Å². The Kier molecular flexibility index (Phi) is 6.42. The van der Waals surface area contributed by atoms with E-state index in [1.807, 2.05) is 54.3 Å². The van der Waals surface area contributed by atoms with Gasteiger partial charge in [-0.25, -0.2) is 0 Å². The van der Waals surface area contributed by atoms with Crippen LogP contribution < -0.4 is 4.74 Å². The summed E-state index contributed by atoms with van der Waals surface area (Å²) in [7, 11) is 0. The van der Waals surface area contributed by atoms with Crippen molar-refractivity contribution in [2.75, 3.05) is 19.7 Å². The third kappa shape index (κ3) is 4.73. The van der Waals surface area contributed by atoms with Gasteiger partial charge in [0, 0.05) is 23.0 Å². The molecule has 1 aromatic heterocycles. The van der Waals surface area contributed by atoms with Gasteiger partial charge in [-0.15, -0.1) is 11.3 Å². The van der Waals surface area contributed by atoms with Crippen molar-refractivity contribution >= 4 is 23.2 Å². The fraction of sp³-hybridized carbons (Fsp3) is 0.357. The Bertz CT molecular complexity index is 1190. The molecule has 0 saturated heterocycles. The standard InChI is InChI=1S/C28H30N2O3S/c1-19-8-11-25(20(2)16-19)33-18-24-23-13-15-34-26(23)12-14-29(24)27(31)17-30(22-9-10-22)28(32)21-6-4-3-5-7-21/h3-8,11,13,15-16,22,24H,9-10,12,14,17-18H2,1-2H3/t24-/m0/s1. The first kappa shape index (κ1) is 22.7. The van der Waals surface area contributed by atoms with Gasteiger partial charge >= 0.3 is 0 Å². The summed E-state index contributed by atoms with van der Waals surface area (Å²) in [6, 6.07) is 17.5. The van der Waals surface area contributed by atoms with Gasteiger partial charge in [-0.2, -0.15) is 0 Å². The van der Waals surface area contributed by atoms with Gasteiger partial charge in [0.15, 0.2) is 0 Å². The lowest BCUT2D eigenvalue weighted by Crippen LogP contribution is -2.48. The zero-order valence-corrected chi connectivity index (χ0v) is 20.5. The van der Waals surface area contributed by atoms with E-state index in [-0.39, 0.29) is 30.4 Å². The molecule has 0 bridgehead atoms. The highest BCUT2D eigenvalue weighted by Gasteiger charge is 2.38. The Balaban J connectivity index is 1.35. The van der Waals surface area contributed by atoms with E-state index in [4.69, 9.17) is 4.74 Å². The normalized spacial score (nSPS) is 17.2. The van der Waals surface area contributed by atoms with Crippen LogP contribution in [0, 0.1) is 13.8 Å². The lowest BCUT2D eigenvalue weighted by atomic mass is 10.00. The zero-order valence-electron chi connectivity index (χ0n) is 19.7. The highest BCUT2D eigenvalue weighted by molar-refractivity contribution is 7.10. The highest BCUT2D eigenvalue weighted by Crippen LogP contribution is 2.35. The summed E-state index contributed by atoms with van der Waals surface area (Å²) in [5.74, 6) is 0.772. The van der Waals surface area contributed by atoms with Crippen LogP contribution in [-0.4, -0.2) is 47.4 Å². The van der Waals surface area contributed by atoms with Crippen molar-refractivity contribution in [3.05, 3.63) is 87.1 Å². The molecule has 2 heterocycles. The molecule has 6 heteroatoms. The molecule has 2 aliphatic rings. The van der Waals surface area contributed by atoms with Crippen LogP contribution in [0.15, 0.2) is 60.0 Å². The molecule has 1 atom stereocenters. The molecule has 2 amide bonds. The average Bonchev–Trinajstić information content (AvgIpc) is 3.57. The van der Waals surface area contributed by atoms with Crippen LogP contribution in [-0.2, 0) is 11.2 Å². The number of ether oxygens (including phenoxy) is 1. The van der Waals surface area contributed by atoms with Crippen molar-refractivity contribution < 1.29 is 14.3 Å².